The summed E-state index contributed by atoms with van der Waals surface area (Å²) in [4.78, 5) is 27.2. The van der Waals surface area contributed by atoms with Crippen LogP contribution < -0.4 is 9.64 Å². The van der Waals surface area contributed by atoms with Crippen LogP contribution in [-0.4, -0.2) is 66.1 Å². The number of carboxylic acid groups (broad SMARTS) is 1. The number of methoxy groups -OCH3 is 1. The van der Waals surface area contributed by atoms with Crippen molar-refractivity contribution in [1.82, 2.24) is 4.90 Å². The highest BCUT2D eigenvalue weighted by molar-refractivity contribution is 5.92. The van der Waals surface area contributed by atoms with Crippen molar-refractivity contribution in [2.75, 3.05) is 38.2 Å². The van der Waals surface area contributed by atoms with Gasteiger partial charge in [0.15, 0.2) is 0 Å². The van der Waals surface area contributed by atoms with Crippen LogP contribution in [0.3, 0.4) is 0 Å². The molecule has 1 saturated heterocycles. The molecule has 0 unspecified atom stereocenters. The molecule has 1 aromatic carbocycles. The zero-order valence-corrected chi connectivity index (χ0v) is 15.6. The second-order valence-corrected chi connectivity index (χ2v) is 7.06. The maximum absolute atomic E-state index is 12.2. The van der Waals surface area contributed by atoms with E-state index in [1.54, 1.807) is 11.0 Å². The average Bonchev–Trinajstić information content (AvgIpc) is 2.58. The number of ether oxygens (including phenoxy) is 2. The van der Waals surface area contributed by atoms with Gasteiger partial charge in [0.05, 0.1) is 25.0 Å². The summed E-state index contributed by atoms with van der Waals surface area (Å²) in [5, 5.41) is 19.1. The van der Waals surface area contributed by atoms with Crippen LogP contribution in [0, 0.1) is 0 Å². The summed E-state index contributed by atoms with van der Waals surface area (Å²) >= 11 is 0. The maximum Gasteiger partial charge on any atom is 0.410 e. The number of rotatable bonds is 4. The Kier molecular flexibility index (Phi) is 5.97. The van der Waals surface area contributed by atoms with E-state index < -0.39 is 18.2 Å². The first-order chi connectivity index (χ1) is 12.2. The van der Waals surface area contributed by atoms with Gasteiger partial charge in [-0.15, -0.1) is 0 Å². The van der Waals surface area contributed by atoms with Gasteiger partial charge >= 0.3 is 12.1 Å². The Labute approximate surface area is 152 Å². The van der Waals surface area contributed by atoms with E-state index in [1.807, 2.05) is 25.7 Å². The fourth-order valence-corrected chi connectivity index (χ4v) is 2.93. The van der Waals surface area contributed by atoms with Gasteiger partial charge in [0.2, 0.25) is 0 Å². The van der Waals surface area contributed by atoms with E-state index in [9.17, 15) is 19.8 Å². The molecule has 2 rings (SSSR count). The number of aliphatic hydroxyl groups excluding tert-OH is 1. The van der Waals surface area contributed by atoms with Crippen LogP contribution >= 0.6 is 0 Å². The predicted molar refractivity (Wildman–Crippen MR) is 95.9 cm³/mol. The Bertz CT molecular complexity index is 675. The van der Waals surface area contributed by atoms with Crippen LogP contribution in [0.15, 0.2) is 12.1 Å². The molecule has 0 atom stereocenters. The number of aromatic carboxylic acids is 1. The summed E-state index contributed by atoms with van der Waals surface area (Å²) in [7, 11) is 1.50. The van der Waals surface area contributed by atoms with Crippen molar-refractivity contribution in [3.63, 3.8) is 0 Å². The third-order valence-corrected chi connectivity index (χ3v) is 4.10. The van der Waals surface area contributed by atoms with Crippen LogP contribution in [0.1, 0.15) is 36.7 Å². The normalized spacial score (nSPS) is 15.0. The highest BCUT2D eigenvalue weighted by atomic mass is 16.6. The minimum absolute atomic E-state index is 0.0397. The van der Waals surface area contributed by atoms with Crippen molar-refractivity contribution in [2.24, 2.45) is 0 Å². The quantitative estimate of drug-likeness (QED) is 0.840. The van der Waals surface area contributed by atoms with Crippen LogP contribution in [-0.2, 0) is 11.3 Å². The first-order valence-corrected chi connectivity index (χ1v) is 8.45. The minimum Gasteiger partial charge on any atom is -0.495 e. The summed E-state index contributed by atoms with van der Waals surface area (Å²) in [6.07, 6.45) is -0.370. The molecule has 144 valence electrons. The first kappa shape index (κ1) is 19.8. The van der Waals surface area contributed by atoms with Gasteiger partial charge in [0.25, 0.3) is 0 Å². The highest BCUT2D eigenvalue weighted by Crippen LogP contribution is 2.35. The minimum atomic E-state index is -1.11. The van der Waals surface area contributed by atoms with Crippen molar-refractivity contribution in [3.8, 4) is 5.75 Å². The zero-order chi connectivity index (χ0) is 19.5. The Morgan fingerprint density at radius 3 is 2.23 bits per heavy atom. The van der Waals surface area contributed by atoms with Gasteiger partial charge < -0.3 is 29.5 Å². The number of nitrogens with zero attached hydrogens (tertiary/aromatic N) is 2. The predicted octanol–water partition coefficient (Wildman–Crippen LogP) is 1.94. The van der Waals surface area contributed by atoms with Crippen molar-refractivity contribution < 1.29 is 29.3 Å². The Morgan fingerprint density at radius 1 is 1.15 bits per heavy atom. The topological polar surface area (TPSA) is 99.5 Å². The number of anilines is 1. The molecule has 0 aromatic heterocycles. The van der Waals surface area contributed by atoms with E-state index in [2.05, 4.69) is 0 Å². The van der Waals surface area contributed by atoms with Gasteiger partial charge in [-0.25, -0.2) is 9.59 Å². The van der Waals surface area contributed by atoms with E-state index in [-0.39, 0.29) is 11.7 Å². The maximum atomic E-state index is 12.2. The van der Waals surface area contributed by atoms with Crippen LogP contribution in [0.4, 0.5) is 10.5 Å². The number of hydrogen-bond donors (Lipinski definition) is 2. The molecule has 0 saturated carbocycles. The lowest BCUT2D eigenvalue weighted by Crippen LogP contribution is -2.50. The Balaban J connectivity index is 2.22. The molecule has 1 aliphatic heterocycles. The van der Waals surface area contributed by atoms with E-state index in [0.717, 1.165) is 0 Å². The van der Waals surface area contributed by atoms with E-state index in [4.69, 9.17) is 9.47 Å². The van der Waals surface area contributed by atoms with Crippen LogP contribution in [0.2, 0.25) is 0 Å². The summed E-state index contributed by atoms with van der Waals surface area (Å²) in [6, 6.07) is 3.01. The van der Waals surface area contributed by atoms with Gasteiger partial charge in [0, 0.05) is 31.7 Å². The summed E-state index contributed by atoms with van der Waals surface area (Å²) in [6.45, 7) is 6.85. The van der Waals surface area contributed by atoms with Crippen molar-refractivity contribution in [2.45, 2.75) is 33.0 Å². The summed E-state index contributed by atoms with van der Waals surface area (Å²) in [5.74, 6) is -0.616. The third kappa shape index (κ3) is 4.37. The smallest absolute Gasteiger partial charge is 0.410 e. The second kappa shape index (κ2) is 7.82. The van der Waals surface area contributed by atoms with Crippen LogP contribution in [0.5, 0.6) is 5.75 Å². The number of carbonyl (C=O) groups excluding carboxylic acids is 1. The van der Waals surface area contributed by atoms with Crippen LogP contribution in [0.25, 0.3) is 0 Å². The SMILES string of the molecule is COc1ccc(C(=O)O)c(CO)c1N1CCN(C(=O)OC(C)(C)C)CC1. The number of carbonyl (C=O) groups is 2. The third-order valence-electron chi connectivity index (χ3n) is 4.10. The lowest BCUT2D eigenvalue weighted by molar-refractivity contribution is 0.0240. The Hall–Kier alpha value is -2.48. The molecule has 26 heavy (non-hydrogen) atoms. The van der Waals surface area contributed by atoms with E-state index in [0.29, 0.717) is 43.2 Å². The molecule has 2 N–H and O–H groups in total. The molecule has 0 radical (unpaired) electrons. The number of carboxylic acids is 1. The molecule has 1 aromatic rings. The van der Waals surface area contributed by atoms with Gasteiger partial charge in [0.1, 0.15) is 11.4 Å². The van der Waals surface area contributed by atoms with E-state index in [1.165, 1.54) is 13.2 Å². The fraction of sp³-hybridized carbons (Fsp3) is 0.556. The highest BCUT2D eigenvalue weighted by Gasteiger charge is 2.29. The molecular formula is C18H26N2O6. The molecular weight excluding hydrogens is 340 g/mol. The molecule has 8 nitrogen and oxygen atoms in total. The molecule has 1 heterocycles. The summed E-state index contributed by atoms with van der Waals surface area (Å²) < 4.78 is 10.7. The number of piperazine rings is 1. The average molecular weight is 366 g/mol. The number of amides is 1. The zero-order valence-electron chi connectivity index (χ0n) is 15.6. The number of aliphatic hydroxyl groups is 1. The lowest BCUT2D eigenvalue weighted by atomic mass is 10.0. The standard InChI is InChI=1S/C18H26N2O6/c1-18(2,3)26-17(24)20-9-7-19(8-10-20)15-13(11-21)12(16(22)23)5-6-14(15)25-4/h5-6,21H,7-11H2,1-4H3,(H,22,23). The largest absolute Gasteiger partial charge is 0.495 e. The van der Waals surface area contributed by atoms with Crippen molar-refractivity contribution >= 4 is 17.7 Å². The number of hydrogen-bond acceptors (Lipinski definition) is 6. The lowest BCUT2D eigenvalue weighted by Gasteiger charge is -2.38. The van der Waals surface area contributed by atoms with Gasteiger partial charge in [-0.3, -0.25) is 0 Å². The second-order valence-electron chi connectivity index (χ2n) is 7.06. The molecule has 1 fully saturated rings. The van der Waals surface area contributed by atoms with Crippen molar-refractivity contribution in [1.29, 1.82) is 0 Å². The van der Waals surface area contributed by atoms with E-state index >= 15 is 0 Å². The Morgan fingerprint density at radius 2 is 1.77 bits per heavy atom. The first-order valence-electron chi connectivity index (χ1n) is 8.45. The van der Waals surface area contributed by atoms with Gasteiger partial charge in [-0.05, 0) is 32.9 Å². The van der Waals surface area contributed by atoms with Gasteiger partial charge in [-0.1, -0.05) is 0 Å². The fourth-order valence-electron chi connectivity index (χ4n) is 2.93. The van der Waals surface area contributed by atoms with Gasteiger partial charge in [-0.2, -0.15) is 0 Å². The molecule has 0 spiro atoms. The summed E-state index contributed by atoms with van der Waals surface area (Å²) in [5.41, 5.74) is 0.344. The molecule has 8 heteroatoms. The molecule has 1 aliphatic rings. The van der Waals surface area contributed by atoms with Crippen molar-refractivity contribution in [3.05, 3.63) is 23.3 Å². The monoisotopic (exact) mass is 366 g/mol. The molecule has 0 bridgehead atoms. The molecule has 0 aliphatic carbocycles. The molecule has 1 amide bonds. The number of benzene rings is 1.